The molecule has 3 rings (SSSR count). The van der Waals surface area contributed by atoms with Gasteiger partial charge >= 0.3 is 0 Å². The lowest BCUT2D eigenvalue weighted by Crippen LogP contribution is -2.46. The van der Waals surface area contributed by atoms with Gasteiger partial charge in [0.15, 0.2) is 0 Å². The van der Waals surface area contributed by atoms with Crippen LogP contribution in [-0.2, 0) is 0 Å². The third-order valence-electron chi connectivity index (χ3n) is 4.97. The summed E-state index contributed by atoms with van der Waals surface area (Å²) in [6.07, 6.45) is 0.974. The van der Waals surface area contributed by atoms with Gasteiger partial charge in [-0.05, 0) is 55.0 Å². The number of nitrogen functional groups attached to an aromatic ring is 2. The summed E-state index contributed by atoms with van der Waals surface area (Å²) >= 11 is 0. The van der Waals surface area contributed by atoms with Gasteiger partial charge in [-0.1, -0.05) is 0 Å². The summed E-state index contributed by atoms with van der Waals surface area (Å²) in [4.78, 5) is 4.83. The van der Waals surface area contributed by atoms with Crippen LogP contribution in [0, 0.1) is 10.8 Å². The minimum Gasteiger partial charge on any atom is -0.494 e. The Morgan fingerprint density at radius 3 is 1.86 bits per heavy atom. The van der Waals surface area contributed by atoms with Crippen LogP contribution in [0.2, 0.25) is 0 Å². The number of nitrogens with one attached hydrogen (secondary N) is 2. The lowest BCUT2D eigenvalue weighted by Gasteiger charge is -2.36. The van der Waals surface area contributed by atoms with E-state index in [0.29, 0.717) is 12.2 Å². The van der Waals surface area contributed by atoms with E-state index in [4.69, 9.17) is 27.0 Å². The van der Waals surface area contributed by atoms with Gasteiger partial charge in [-0.25, -0.2) is 0 Å². The molecule has 0 bridgehead atoms. The van der Waals surface area contributed by atoms with Crippen LogP contribution < -0.4 is 21.1 Å². The molecule has 156 valence electrons. The van der Waals surface area contributed by atoms with Gasteiger partial charge < -0.3 is 21.1 Å². The molecule has 1 aliphatic heterocycles. The highest BCUT2D eigenvalue weighted by molar-refractivity contribution is 5.95. The van der Waals surface area contributed by atoms with Gasteiger partial charge in [0.05, 0.1) is 6.61 Å². The van der Waals surface area contributed by atoms with Gasteiger partial charge in [0.1, 0.15) is 17.4 Å². The maximum atomic E-state index is 7.47. The fourth-order valence-electron chi connectivity index (χ4n) is 3.29. The smallest absolute Gasteiger partial charge is 0.122 e. The van der Waals surface area contributed by atoms with Crippen molar-refractivity contribution in [3.63, 3.8) is 0 Å². The molecule has 29 heavy (non-hydrogen) atoms. The quantitative estimate of drug-likeness (QED) is 0.299. The number of hydrogen-bond donors (Lipinski definition) is 4. The van der Waals surface area contributed by atoms with Crippen molar-refractivity contribution in [1.29, 1.82) is 10.8 Å². The van der Waals surface area contributed by atoms with Crippen molar-refractivity contribution >= 4 is 29.8 Å². The van der Waals surface area contributed by atoms with Crippen LogP contribution in [0.4, 0.5) is 5.69 Å². The number of nitrogens with two attached hydrogens (primary N) is 2. The molecule has 0 atom stereocenters. The molecule has 0 spiro atoms. The zero-order chi connectivity index (χ0) is 19.9. The monoisotopic (exact) mass is 416 g/mol. The fourth-order valence-corrected chi connectivity index (χ4v) is 3.29. The molecule has 0 amide bonds. The number of anilines is 1. The Kier molecular flexibility index (Phi) is 8.30. The predicted molar refractivity (Wildman–Crippen MR) is 121 cm³/mol. The lowest BCUT2D eigenvalue weighted by molar-refractivity contribution is 0.225. The first-order valence-corrected chi connectivity index (χ1v) is 9.52. The molecule has 1 saturated heterocycles. The Balaban J connectivity index is 0.00000300. The highest BCUT2D eigenvalue weighted by Gasteiger charge is 2.16. The summed E-state index contributed by atoms with van der Waals surface area (Å²) in [6, 6.07) is 15.2. The molecule has 1 aliphatic rings. The van der Waals surface area contributed by atoms with E-state index in [9.17, 15) is 0 Å². The Bertz CT molecular complexity index is 801. The van der Waals surface area contributed by atoms with Crippen molar-refractivity contribution in [1.82, 2.24) is 4.90 Å². The van der Waals surface area contributed by atoms with E-state index < -0.39 is 0 Å². The van der Waals surface area contributed by atoms with Gasteiger partial charge in [0, 0.05) is 49.5 Å². The number of amidine groups is 2. The largest absolute Gasteiger partial charge is 0.494 e. The molecule has 1 fully saturated rings. The molecular formula is C21H29ClN6O. The van der Waals surface area contributed by atoms with E-state index in [0.717, 1.165) is 50.5 Å². The van der Waals surface area contributed by atoms with E-state index in [1.165, 1.54) is 5.69 Å². The van der Waals surface area contributed by atoms with Crippen LogP contribution in [0.5, 0.6) is 5.75 Å². The van der Waals surface area contributed by atoms with Crippen LogP contribution >= 0.6 is 12.4 Å². The summed E-state index contributed by atoms with van der Waals surface area (Å²) in [7, 11) is 0. The molecule has 0 aliphatic carbocycles. The summed E-state index contributed by atoms with van der Waals surface area (Å²) < 4.78 is 5.78. The lowest BCUT2D eigenvalue weighted by atomic mass is 10.1. The minimum atomic E-state index is 0. The number of nitrogens with zero attached hydrogens (tertiary/aromatic N) is 2. The van der Waals surface area contributed by atoms with Gasteiger partial charge in [-0.2, -0.15) is 0 Å². The van der Waals surface area contributed by atoms with E-state index in [-0.39, 0.29) is 24.1 Å². The molecular weight excluding hydrogens is 388 g/mol. The Hall–Kier alpha value is -2.77. The van der Waals surface area contributed by atoms with Crippen LogP contribution in [-0.4, -0.2) is 55.9 Å². The average Bonchev–Trinajstić information content (AvgIpc) is 2.72. The van der Waals surface area contributed by atoms with Crippen molar-refractivity contribution in [2.24, 2.45) is 11.5 Å². The van der Waals surface area contributed by atoms with Crippen molar-refractivity contribution in [3.05, 3.63) is 59.7 Å². The standard InChI is InChI=1S/C21H28N6O.ClH/c22-20(23)16-2-6-18(7-3-16)27-13-11-26(12-14-27)10-1-15-28-19-8-4-17(5-9-19)21(24)25;/h2-9H,1,10-15H2,(H3,22,23)(H3,24,25);1H. The van der Waals surface area contributed by atoms with Crippen molar-refractivity contribution in [3.8, 4) is 5.75 Å². The predicted octanol–water partition coefficient (Wildman–Crippen LogP) is 2.27. The molecule has 0 unspecified atom stereocenters. The SMILES string of the molecule is Cl.N=C(N)c1ccc(OCCCN2CCN(c3ccc(C(=N)N)cc3)CC2)cc1. The third-order valence-corrected chi connectivity index (χ3v) is 4.97. The van der Waals surface area contributed by atoms with E-state index >= 15 is 0 Å². The summed E-state index contributed by atoms with van der Waals surface area (Å²) in [5, 5.41) is 14.9. The number of benzene rings is 2. The second kappa shape index (κ2) is 10.7. The molecule has 0 aromatic heterocycles. The van der Waals surface area contributed by atoms with Gasteiger partial charge in [-0.3, -0.25) is 15.7 Å². The summed E-state index contributed by atoms with van der Waals surface area (Å²) in [5.74, 6) is 0.984. The van der Waals surface area contributed by atoms with Crippen LogP contribution in [0.3, 0.4) is 0 Å². The number of ether oxygens (including phenoxy) is 1. The second-order valence-corrected chi connectivity index (χ2v) is 6.93. The van der Waals surface area contributed by atoms with Crippen LogP contribution in [0.25, 0.3) is 0 Å². The Morgan fingerprint density at radius 1 is 0.828 bits per heavy atom. The first-order chi connectivity index (χ1) is 13.5. The molecule has 0 saturated carbocycles. The zero-order valence-corrected chi connectivity index (χ0v) is 17.3. The molecule has 2 aromatic carbocycles. The Labute approximate surface area is 178 Å². The number of hydrogen-bond acceptors (Lipinski definition) is 5. The van der Waals surface area contributed by atoms with E-state index in [2.05, 4.69) is 9.80 Å². The highest BCUT2D eigenvalue weighted by Crippen LogP contribution is 2.17. The highest BCUT2D eigenvalue weighted by atomic mass is 35.5. The van der Waals surface area contributed by atoms with Crippen LogP contribution in [0.15, 0.2) is 48.5 Å². The third kappa shape index (κ3) is 6.37. The second-order valence-electron chi connectivity index (χ2n) is 6.93. The average molecular weight is 417 g/mol. The van der Waals surface area contributed by atoms with Gasteiger partial charge in [0.2, 0.25) is 0 Å². The maximum absolute atomic E-state index is 7.47. The zero-order valence-electron chi connectivity index (χ0n) is 16.4. The van der Waals surface area contributed by atoms with E-state index in [1.54, 1.807) is 12.1 Å². The fraction of sp³-hybridized carbons (Fsp3) is 0.333. The summed E-state index contributed by atoms with van der Waals surface area (Å²) in [5.41, 5.74) is 13.6. The molecule has 2 aromatic rings. The molecule has 1 heterocycles. The minimum absolute atomic E-state index is 0. The maximum Gasteiger partial charge on any atom is 0.122 e. The normalized spacial score (nSPS) is 14.1. The first-order valence-electron chi connectivity index (χ1n) is 9.52. The van der Waals surface area contributed by atoms with Crippen molar-refractivity contribution in [2.45, 2.75) is 6.42 Å². The molecule has 6 N–H and O–H groups in total. The molecule has 7 nitrogen and oxygen atoms in total. The number of halogens is 1. The molecule has 8 heteroatoms. The molecule has 0 radical (unpaired) electrons. The van der Waals surface area contributed by atoms with Crippen molar-refractivity contribution in [2.75, 3.05) is 44.2 Å². The summed E-state index contributed by atoms with van der Waals surface area (Å²) in [6.45, 7) is 5.73. The van der Waals surface area contributed by atoms with E-state index in [1.807, 2.05) is 36.4 Å². The van der Waals surface area contributed by atoms with Gasteiger partial charge in [0.25, 0.3) is 0 Å². The first kappa shape index (κ1) is 22.5. The Morgan fingerprint density at radius 2 is 1.34 bits per heavy atom. The van der Waals surface area contributed by atoms with Crippen LogP contribution in [0.1, 0.15) is 17.5 Å². The number of piperazine rings is 1. The van der Waals surface area contributed by atoms with Crippen molar-refractivity contribution < 1.29 is 4.74 Å². The van der Waals surface area contributed by atoms with Gasteiger partial charge in [-0.15, -0.1) is 12.4 Å². The number of rotatable bonds is 8. The topological polar surface area (TPSA) is 115 Å².